The van der Waals surface area contributed by atoms with Crippen LogP contribution in [0.2, 0.25) is 0 Å². The second kappa shape index (κ2) is 6.50. The highest BCUT2D eigenvalue weighted by Crippen LogP contribution is 2.48. The highest BCUT2D eigenvalue weighted by molar-refractivity contribution is 7.90. The monoisotopic (exact) mass is 334 g/mol. The van der Waals surface area contributed by atoms with E-state index in [0.717, 1.165) is 6.26 Å². The van der Waals surface area contributed by atoms with Crippen LogP contribution in [0.15, 0.2) is 30.3 Å². The highest BCUT2D eigenvalue weighted by atomic mass is 32.2. The van der Waals surface area contributed by atoms with Crippen LogP contribution in [0.5, 0.6) is 0 Å². The van der Waals surface area contributed by atoms with Crippen LogP contribution in [0.1, 0.15) is 29.6 Å². The Kier molecular flexibility index (Phi) is 4.85. The van der Waals surface area contributed by atoms with Crippen LogP contribution in [0, 0.1) is 16.7 Å². The van der Waals surface area contributed by atoms with Crippen molar-refractivity contribution >= 4 is 21.5 Å². The van der Waals surface area contributed by atoms with E-state index in [1.807, 2.05) is 0 Å². The summed E-state index contributed by atoms with van der Waals surface area (Å²) in [6.07, 6.45) is 2.25. The molecule has 0 aliphatic heterocycles. The summed E-state index contributed by atoms with van der Waals surface area (Å²) in [4.78, 5) is 24.5. The Morgan fingerprint density at radius 2 is 1.91 bits per heavy atom. The maximum Gasteiger partial charge on any atom is 0.251 e. The molecule has 0 heterocycles. The summed E-state index contributed by atoms with van der Waals surface area (Å²) in [7, 11) is -3.46. The zero-order chi connectivity index (χ0) is 17.1. The second-order valence-corrected chi connectivity index (χ2v) is 8.20. The predicted molar refractivity (Wildman–Crippen MR) is 84.3 cm³/mol. The molecule has 0 bridgehead atoms. The van der Waals surface area contributed by atoms with Crippen LogP contribution in [0.25, 0.3) is 0 Å². The molecule has 0 spiro atoms. The third kappa shape index (κ3) is 4.89. The number of nitrogens with zero attached hydrogens (tertiary/aromatic N) is 1. The van der Waals surface area contributed by atoms with E-state index >= 15 is 0 Å². The van der Waals surface area contributed by atoms with Gasteiger partial charge in [0.25, 0.3) is 5.91 Å². The van der Waals surface area contributed by atoms with Crippen molar-refractivity contribution in [1.29, 1.82) is 5.26 Å². The number of carbonyl (C=O) groups is 2. The minimum Gasteiger partial charge on any atom is -0.341 e. The average molecular weight is 334 g/mol. The fraction of sp³-hybridized carbons (Fsp3) is 0.438. The van der Waals surface area contributed by atoms with Gasteiger partial charge in [-0.05, 0) is 25.0 Å². The number of nitrogens with one attached hydrogen (secondary N) is 1. The molecule has 0 radical (unpaired) electrons. The van der Waals surface area contributed by atoms with E-state index in [2.05, 4.69) is 11.4 Å². The Balaban J connectivity index is 2.12. The molecular formula is C16H18N2O4S. The molecule has 1 atom stereocenters. The van der Waals surface area contributed by atoms with Gasteiger partial charge in [0.2, 0.25) is 0 Å². The molecule has 1 aromatic carbocycles. The van der Waals surface area contributed by atoms with Crippen molar-refractivity contribution < 1.29 is 18.0 Å². The summed E-state index contributed by atoms with van der Waals surface area (Å²) in [6, 6.07) is 9.23. The van der Waals surface area contributed by atoms with E-state index in [1.165, 1.54) is 0 Å². The largest absolute Gasteiger partial charge is 0.341 e. The van der Waals surface area contributed by atoms with Gasteiger partial charge in [-0.2, -0.15) is 5.26 Å². The number of Topliss-reactive ketones (excluding diaryl/α,β-unsaturated/α-hetero) is 1. The van der Waals surface area contributed by atoms with Crippen molar-refractivity contribution in [3.63, 3.8) is 0 Å². The number of carbonyl (C=O) groups excluding carboxylic acids is 2. The van der Waals surface area contributed by atoms with Crippen molar-refractivity contribution in [3.05, 3.63) is 35.9 Å². The molecule has 1 aliphatic carbocycles. The molecule has 1 aliphatic rings. The van der Waals surface area contributed by atoms with Gasteiger partial charge < -0.3 is 5.32 Å². The average Bonchev–Trinajstić information content (AvgIpc) is 3.26. The SMILES string of the molecule is CS(=O)(=O)C[C@H](NC(=O)c1ccccc1)C(=O)CC1(C#N)CC1. The van der Waals surface area contributed by atoms with Crippen molar-refractivity contribution in [2.24, 2.45) is 5.41 Å². The Hall–Kier alpha value is -2.20. The molecule has 1 saturated carbocycles. The summed E-state index contributed by atoms with van der Waals surface area (Å²) in [5.74, 6) is -1.39. The smallest absolute Gasteiger partial charge is 0.251 e. The third-order valence-electron chi connectivity index (χ3n) is 3.80. The molecule has 1 N–H and O–H groups in total. The zero-order valence-corrected chi connectivity index (χ0v) is 13.6. The fourth-order valence-corrected chi connectivity index (χ4v) is 3.16. The molecule has 1 amide bonds. The Morgan fingerprint density at radius 3 is 2.39 bits per heavy atom. The van der Waals surface area contributed by atoms with E-state index in [-0.39, 0.29) is 6.42 Å². The van der Waals surface area contributed by atoms with E-state index in [9.17, 15) is 18.0 Å². The molecule has 6 nitrogen and oxygen atoms in total. The molecule has 122 valence electrons. The summed E-state index contributed by atoms with van der Waals surface area (Å²) in [5, 5.41) is 11.6. The zero-order valence-electron chi connectivity index (χ0n) is 12.8. The number of rotatable bonds is 7. The molecule has 23 heavy (non-hydrogen) atoms. The normalized spacial score (nSPS) is 16.9. The lowest BCUT2D eigenvalue weighted by atomic mass is 9.97. The van der Waals surface area contributed by atoms with Gasteiger partial charge in [0, 0.05) is 18.2 Å². The number of hydrogen-bond donors (Lipinski definition) is 1. The standard InChI is InChI=1S/C16H18N2O4S/c1-23(21,22)10-13(14(19)9-16(11-17)7-8-16)18-15(20)12-5-3-2-4-6-12/h2-6,13H,7-10H2,1H3,(H,18,20)/t13-/m0/s1. The lowest BCUT2D eigenvalue weighted by molar-refractivity contribution is -0.121. The second-order valence-electron chi connectivity index (χ2n) is 6.02. The van der Waals surface area contributed by atoms with Gasteiger partial charge in [-0.1, -0.05) is 18.2 Å². The summed E-state index contributed by atoms with van der Waals surface area (Å²) < 4.78 is 23.1. The van der Waals surface area contributed by atoms with Crippen LogP contribution in [0.4, 0.5) is 0 Å². The van der Waals surface area contributed by atoms with Gasteiger partial charge in [-0.25, -0.2) is 8.42 Å². The van der Waals surface area contributed by atoms with Gasteiger partial charge in [0.1, 0.15) is 15.9 Å². The lowest BCUT2D eigenvalue weighted by Gasteiger charge is -2.18. The number of amides is 1. The number of ketones is 1. The molecule has 0 unspecified atom stereocenters. The summed E-state index contributed by atoms with van der Waals surface area (Å²) >= 11 is 0. The minimum absolute atomic E-state index is 0.0290. The maximum atomic E-state index is 12.4. The van der Waals surface area contributed by atoms with Gasteiger partial charge >= 0.3 is 0 Å². The van der Waals surface area contributed by atoms with Gasteiger partial charge in [0.05, 0.1) is 17.2 Å². The Bertz CT molecular complexity index is 746. The summed E-state index contributed by atoms with van der Waals surface area (Å²) in [6.45, 7) is 0. The fourth-order valence-electron chi connectivity index (χ4n) is 2.28. The van der Waals surface area contributed by atoms with E-state index in [1.54, 1.807) is 30.3 Å². The quantitative estimate of drug-likeness (QED) is 0.804. The van der Waals surface area contributed by atoms with Crippen molar-refractivity contribution in [1.82, 2.24) is 5.32 Å². The highest BCUT2D eigenvalue weighted by Gasteiger charge is 2.46. The van der Waals surface area contributed by atoms with Gasteiger partial charge in [-0.3, -0.25) is 9.59 Å². The molecule has 0 saturated heterocycles. The van der Waals surface area contributed by atoms with Crippen LogP contribution >= 0.6 is 0 Å². The maximum absolute atomic E-state index is 12.4. The van der Waals surface area contributed by atoms with Crippen LogP contribution < -0.4 is 5.32 Å². The van der Waals surface area contributed by atoms with Gasteiger partial charge in [-0.15, -0.1) is 0 Å². The topological polar surface area (TPSA) is 104 Å². The molecular weight excluding hydrogens is 316 g/mol. The Labute approximate surface area is 135 Å². The van der Waals surface area contributed by atoms with Crippen LogP contribution in [0.3, 0.4) is 0 Å². The number of sulfone groups is 1. The third-order valence-corrected chi connectivity index (χ3v) is 4.74. The molecule has 2 rings (SSSR count). The van der Waals surface area contributed by atoms with E-state index < -0.39 is 38.7 Å². The van der Waals surface area contributed by atoms with Crippen molar-refractivity contribution in [2.45, 2.75) is 25.3 Å². The lowest BCUT2D eigenvalue weighted by Crippen LogP contribution is -2.45. The first kappa shape index (κ1) is 17.2. The number of nitriles is 1. The molecule has 7 heteroatoms. The molecule has 1 aromatic rings. The van der Waals surface area contributed by atoms with Crippen molar-refractivity contribution in [2.75, 3.05) is 12.0 Å². The van der Waals surface area contributed by atoms with Crippen LogP contribution in [-0.4, -0.2) is 38.2 Å². The van der Waals surface area contributed by atoms with Gasteiger partial charge in [0.15, 0.2) is 5.78 Å². The molecule has 0 aromatic heterocycles. The van der Waals surface area contributed by atoms with Crippen LogP contribution in [-0.2, 0) is 14.6 Å². The first-order valence-electron chi connectivity index (χ1n) is 7.22. The minimum atomic E-state index is -3.46. The molecule has 1 fully saturated rings. The summed E-state index contributed by atoms with van der Waals surface area (Å²) in [5.41, 5.74) is -0.329. The number of benzene rings is 1. The van der Waals surface area contributed by atoms with E-state index in [0.29, 0.717) is 18.4 Å². The van der Waals surface area contributed by atoms with Crippen molar-refractivity contribution in [3.8, 4) is 6.07 Å². The van der Waals surface area contributed by atoms with E-state index in [4.69, 9.17) is 5.26 Å². The predicted octanol–water partition coefficient (Wildman–Crippen LogP) is 1.09. The first-order chi connectivity index (χ1) is 10.7. The first-order valence-corrected chi connectivity index (χ1v) is 9.28. The Morgan fingerprint density at radius 1 is 1.30 bits per heavy atom. The number of hydrogen-bond acceptors (Lipinski definition) is 5.